The minimum absolute atomic E-state index is 0.138. The molecular formula is C40H35Cl2FN6O4. The number of aryl methyl sites for hydroxylation is 1. The number of nitrogens with one attached hydrogen (secondary N) is 2. The fourth-order valence-electron chi connectivity index (χ4n) is 7.39. The van der Waals surface area contributed by atoms with Crippen LogP contribution < -0.4 is 14.8 Å². The van der Waals surface area contributed by atoms with E-state index in [-0.39, 0.29) is 17.6 Å². The lowest BCUT2D eigenvalue weighted by atomic mass is 9.98. The molecule has 3 aliphatic rings. The Morgan fingerprint density at radius 2 is 1.98 bits per heavy atom. The van der Waals surface area contributed by atoms with E-state index in [1.54, 1.807) is 31.2 Å². The largest absolute Gasteiger partial charge is 0.444 e. The molecule has 5 heterocycles. The predicted molar refractivity (Wildman–Crippen MR) is 202 cm³/mol. The third-order valence-corrected chi connectivity index (χ3v) is 10.9. The van der Waals surface area contributed by atoms with Gasteiger partial charge in [0.25, 0.3) is 11.7 Å². The second-order valence-electron chi connectivity index (χ2n) is 13.9. The second-order valence-corrected chi connectivity index (χ2v) is 14.7. The molecule has 10 nitrogen and oxygen atoms in total. The summed E-state index contributed by atoms with van der Waals surface area (Å²) in [4.78, 5) is 20.8. The first-order valence-corrected chi connectivity index (χ1v) is 18.3. The SMILES string of the molecule is Cc1[nH]nc2c(Cl)cc(C(=O)Nc3ccc4c(c3)nc(CN3CC=C(c5cccc6c5OC(C)(c5ccc(Cl)cc5F)O6)CC3)n4C[C@@H]3CCO3)cc12. The Morgan fingerprint density at radius 1 is 1.11 bits per heavy atom. The van der Waals surface area contributed by atoms with Crippen molar-refractivity contribution >= 4 is 62.3 Å². The molecule has 13 heteroatoms. The number of nitrogens with zero attached hydrogens (tertiary/aromatic N) is 4. The van der Waals surface area contributed by atoms with E-state index in [4.69, 9.17) is 42.4 Å². The zero-order valence-electron chi connectivity index (χ0n) is 29.0. The van der Waals surface area contributed by atoms with E-state index < -0.39 is 11.6 Å². The molecule has 3 aliphatic heterocycles. The Labute approximate surface area is 314 Å². The van der Waals surface area contributed by atoms with E-state index in [0.29, 0.717) is 57.9 Å². The molecule has 53 heavy (non-hydrogen) atoms. The molecule has 0 saturated carbocycles. The molecule has 270 valence electrons. The van der Waals surface area contributed by atoms with Crippen LogP contribution >= 0.6 is 23.2 Å². The fraction of sp³-hybridized carbons (Fsp3) is 0.275. The third-order valence-electron chi connectivity index (χ3n) is 10.3. The number of H-pyrrole nitrogens is 1. The molecular weight excluding hydrogens is 718 g/mol. The van der Waals surface area contributed by atoms with Crippen LogP contribution in [0.3, 0.4) is 0 Å². The van der Waals surface area contributed by atoms with Crippen LogP contribution in [0, 0.1) is 12.7 Å². The Hall–Kier alpha value is -4.94. The number of halogens is 3. The molecule has 4 aromatic carbocycles. The molecule has 2 N–H and O–H groups in total. The zero-order chi connectivity index (χ0) is 36.4. The number of hydrogen-bond acceptors (Lipinski definition) is 7. The summed E-state index contributed by atoms with van der Waals surface area (Å²) < 4.78 is 35.6. The standard InChI is InChI=1S/C40H35Cl2FN6O4/c1-22-29-16-24(17-31(42)37(29)47-46-22)39(50)44-26-7-9-34-33(19-26)45-36(49(34)20-27-12-15-51-27)21-48-13-10-23(11-14-48)28-4-3-5-35-38(28)53-40(2,52-35)30-8-6-25(41)18-32(30)43/h3-10,16-19,27H,11-15,20-21H2,1-2H3,(H,44,50)(H,46,47)/t27-,40?/m0/s1. The molecule has 6 aromatic rings. The van der Waals surface area contributed by atoms with E-state index in [9.17, 15) is 9.18 Å². The number of benzene rings is 4. The smallest absolute Gasteiger partial charge is 0.278 e. The van der Waals surface area contributed by atoms with Gasteiger partial charge in [0.2, 0.25) is 0 Å². The minimum Gasteiger partial charge on any atom is -0.444 e. The van der Waals surface area contributed by atoms with Crippen LogP contribution in [-0.4, -0.2) is 56.4 Å². The number of para-hydroxylation sites is 1. The predicted octanol–water partition coefficient (Wildman–Crippen LogP) is 8.64. The van der Waals surface area contributed by atoms with Gasteiger partial charge in [-0.2, -0.15) is 5.10 Å². The normalized spacial score (nSPS) is 19.8. The summed E-state index contributed by atoms with van der Waals surface area (Å²) in [6.07, 6.45) is 4.13. The highest BCUT2D eigenvalue weighted by molar-refractivity contribution is 6.35. The summed E-state index contributed by atoms with van der Waals surface area (Å²) in [7, 11) is 0. The van der Waals surface area contributed by atoms with E-state index >= 15 is 0 Å². The Morgan fingerprint density at radius 3 is 2.75 bits per heavy atom. The molecule has 2 aromatic heterocycles. The highest BCUT2D eigenvalue weighted by atomic mass is 35.5. The summed E-state index contributed by atoms with van der Waals surface area (Å²) in [5.41, 5.74) is 6.70. The first kappa shape index (κ1) is 33.9. The third kappa shape index (κ3) is 6.21. The van der Waals surface area contributed by atoms with Crippen molar-refractivity contribution in [3.63, 3.8) is 0 Å². The number of rotatable bonds is 8. The number of hydrogen-bond donors (Lipinski definition) is 2. The van der Waals surface area contributed by atoms with Crippen molar-refractivity contribution in [2.45, 2.75) is 51.7 Å². The summed E-state index contributed by atoms with van der Waals surface area (Å²) in [5.74, 6) is 0.0395. The minimum atomic E-state index is -1.32. The summed E-state index contributed by atoms with van der Waals surface area (Å²) in [6.45, 7) is 7.22. The molecule has 9 rings (SSSR count). The van der Waals surface area contributed by atoms with E-state index in [0.717, 1.165) is 65.1 Å². The maximum absolute atomic E-state index is 14.9. The molecule has 1 unspecified atom stereocenters. The van der Waals surface area contributed by atoms with Gasteiger partial charge in [-0.05, 0) is 79.9 Å². The number of aromatic nitrogens is 4. The number of fused-ring (bicyclic) bond motifs is 3. The molecule has 0 spiro atoms. The molecule has 0 radical (unpaired) electrons. The number of amides is 1. The van der Waals surface area contributed by atoms with Crippen molar-refractivity contribution in [1.82, 2.24) is 24.6 Å². The highest BCUT2D eigenvalue weighted by Crippen LogP contribution is 2.49. The fourth-order valence-corrected chi connectivity index (χ4v) is 7.81. The number of anilines is 1. The van der Waals surface area contributed by atoms with Crippen molar-refractivity contribution in [2.75, 3.05) is 25.0 Å². The quantitative estimate of drug-likeness (QED) is 0.160. The maximum Gasteiger partial charge on any atom is 0.278 e. The summed E-state index contributed by atoms with van der Waals surface area (Å²) >= 11 is 12.4. The van der Waals surface area contributed by atoms with Crippen LogP contribution in [0.2, 0.25) is 10.0 Å². The van der Waals surface area contributed by atoms with Crippen LogP contribution in [0.5, 0.6) is 11.5 Å². The summed E-state index contributed by atoms with van der Waals surface area (Å²) in [6, 6.07) is 19.5. The number of imidazole rings is 1. The second kappa shape index (κ2) is 13.2. The van der Waals surface area contributed by atoms with Gasteiger partial charge in [0.05, 0.1) is 40.8 Å². The van der Waals surface area contributed by atoms with Gasteiger partial charge in [-0.3, -0.25) is 14.8 Å². The van der Waals surface area contributed by atoms with Crippen LogP contribution in [0.4, 0.5) is 10.1 Å². The Balaban J connectivity index is 0.939. The van der Waals surface area contributed by atoms with Crippen molar-refractivity contribution in [3.8, 4) is 11.5 Å². The van der Waals surface area contributed by atoms with Gasteiger partial charge in [0.1, 0.15) is 17.2 Å². The Bertz CT molecular complexity index is 2480. The molecule has 2 atom stereocenters. The van der Waals surface area contributed by atoms with Gasteiger partial charge in [-0.25, -0.2) is 9.37 Å². The van der Waals surface area contributed by atoms with E-state index in [1.165, 1.54) is 6.07 Å². The first-order valence-electron chi connectivity index (χ1n) is 17.6. The lowest BCUT2D eigenvalue weighted by Gasteiger charge is -2.29. The number of ether oxygens (including phenoxy) is 3. The van der Waals surface area contributed by atoms with Gasteiger partial charge in [-0.15, -0.1) is 0 Å². The molecule has 1 amide bonds. The number of aromatic amines is 1. The maximum atomic E-state index is 14.9. The molecule has 0 bridgehead atoms. The van der Waals surface area contributed by atoms with Gasteiger partial charge < -0.3 is 24.1 Å². The average Bonchev–Trinajstić information content (AvgIpc) is 3.78. The topological polar surface area (TPSA) is 107 Å². The van der Waals surface area contributed by atoms with Crippen LogP contribution in [-0.2, 0) is 23.6 Å². The van der Waals surface area contributed by atoms with E-state index in [1.807, 2.05) is 43.3 Å². The van der Waals surface area contributed by atoms with Crippen molar-refractivity contribution in [2.24, 2.45) is 0 Å². The van der Waals surface area contributed by atoms with Crippen molar-refractivity contribution < 1.29 is 23.4 Å². The van der Waals surface area contributed by atoms with Crippen LogP contribution in [0.15, 0.2) is 72.8 Å². The number of carbonyl (C=O) groups excluding carboxylic acids is 1. The summed E-state index contributed by atoms with van der Waals surface area (Å²) in [5, 5.41) is 11.7. The van der Waals surface area contributed by atoms with Crippen LogP contribution in [0.25, 0.3) is 27.5 Å². The van der Waals surface area contributed by atoms with Gasteiger partial charge >= 0.3 is 0 Å². The molecule has 1 saturated heterocycles. The van der Waals surface area contributed by atoms with Gasteiger partial charge in [0, 0.05) is 59.5 Å². The van der Waals surface area contributed by atoms with Crippen molar-refractivity contribution in [1.29, 1.82) is 0 Å². The lowest BCUT2D eigenvalue weighted by Crippen LogP contribution is -2.33. The highest BCUT2D eigenvalue weighted by Gasteiger charge is 2.42. The molecule has 0 aliphatic carbocycles. The van der Waals surface area contributed by atoms with Gasteiger partial charge in [-0.1, -0.05) is 41.4 Å². The van der Waals surface area contributed by atoms with Crippen molar-refractivity contribution in [3.05, 3.63) is 117 Å². The lowest BCUT2D eigenvalue weighted by molar-refractivity contribution is -0.0708. The zero-order valence-corrected chi connectivity index (χ0v) is 30.5. The van der Waals surface area contributed by atoms with E-state index in [2.05, 4.69) is 31.1 Å². The number of carbonyl (C=O) groups is 1. The van der Waals surface area contributed by atoms with Gasteiger partial charge in [0.15, 0.2) is 11.5 Å². The Kier molecular flexibility index (Phi) is 8.42. The monoisotopic (exact) mass is 752 g/mol. The van der Waals surface area contributed by atoms with Crippen LogP contribution in [0.1, 0.15) is 52.8 Å². The first-order chi connectivity index (χ1) is 25.6. The molecule has 1 fully saturated rings. The average molecular weight is 754 g/mol.